The predicted molar refractivity (Wildman–Crippen MR) is 93.4 cm³/mol. The van der Waals surface area contributed by atoms with Gasteiger partial charge in [0.05, 0.1) is 18.7 Å². The molecule has 2 N–H and O–H groups in total. The fraction of sp³-hybridized carbons (Fsp3) is 0.579. The van der Waals surface area contributed by atoms with Crippen molar-refractivity contribution < 1.29 is 19.4 Å². The molecular weight excluding hydrogens is 320 g/mol. The molecule has 6 heteroatoms. The van der Waals surface area contributed by atoms with E-state index in [1.54, 1.807) is 18.7 Å². The van der Waals surface area contributed by atoms with Crippen molar-refractivity contribution in [3.05, 3.63) is 35.4 Å². The lowest BCUT2D eigenvalue weighted by Crippen LogP contribution is -2.52. The zero-order chi connectivity index (χ0) is 18.1. The number of nitrogens with one attached hydrogen (secondary N) is 1. The van der Waals surface area contributed by atoms with Crippen LogP contribution >= 0.6 is 0 Å². The van der Waals surface area contributed by atoms with E-state index in [0.717, 1.165) is 24.8 Å². The van der Waals surface area contributed by atoms with Gasteiger partial charge in [-0.3, -0.25) is 4.79 Å². The Hall–Kier alpha value is -2.08. The van der Waals surface area contributed by atoms with E-state index in [9.17, 15) is 14.7 Å². The van der Waals surface area contributed by atoms with E-state index in [2.05, 4.69) is 5.32 Å². The molecule has 1 spiro atoms. The number of carbonyl (C=O) groups excluding carboxylic acids is 2. The van der Waals surface area contributed by atoms with Crippen molar-refractivity contribution in [3.8, 4) is 0 Å². The number of piperidine rings is 1. The minimum atomic E-state index is -0.691. The maximum absolute atomic E-state index is 12.8. The van der Waals surface area contributed by atoms with E-state index in [1.165, 1.54) is 0 Å². The molecule has 3 rings (SSSR count). The molecule has 2 heterocycles. The topological polar surface area (TPSA) is 78.9 Å². The normalized spacial score (nSPS) is 23.5. The fourth-order valence-electron chi connectivity index (χ4n) is 3.45. The Labute approximate surface area is 148 Å². The van der Waals surface area contributed by atoms with E-state index in [4.69, 9.17) is 4.74 Å². The monoisotopic (exact) mass is 346 g/mol. The number of likely N-dealkylation sites (tertiary alicyclic amines) is 1. The molecule has 6 nitrogen and oxygen atoms in total. The summed E-state index contributed by atoms with van der Waals surface area (Å²) >= 11 is 0. The molecule has 25 heavy (non-hydrogen) atoms. The van der Waals surface area contributed by atoms with Gasteiger partial charge in [-0.2, -0.15) is 0 Å². The quantitative estimate of drug-likeness (QED) is 0.875. The summed E-state index contributed by atoms with van der Waals surface area (Å²) in [5, 5.41) is 12.5. The molecule has 0 aliphatic carbocycles. The molecule has 1 aromatic carbocycles. The number of benzene rings is 1. The highest BCUT2D eigenvalue weighted by molar-refractivity contribution is 5.94. The summed E-state index contributed by atoms with van der Waals surface area (Å²) in [4.78, 5) is 25.9. The summed E-state index contributed by atoms with van der Waals surface area (Å²) in [6.07, 6.45) is 2.65. The Kier molecular flexibility index (Phi) is 4.73. The van der Waals surface area contributed by atoms with Gasteiger partial charge in [-0.1, -0.05) is 12.1 Å². The van der Waals surface area contributed by atoms with Crippen molar-refractivity contribution in [1.29, 1.82) is 0 Å². The van der Waals surface area contributed by atoms with Gasteiger partial charge in [0.25, 0.3) is 5.91 Å². The van der Waals surface area contributed by atoms with E-state index in [0.29, 0.717) is 31.6 Å². The smallest absolute Gasteiger partial charge is 0.407 e. The van der Waals surface area contributed by atoms with Crippen LogP contribution < -0.4 is 5.32 Å². The van der Waals surface area contributed by atoms with Crippen LogP contribution in [-0.4, -0.2) is 52.8 Å². The van der Waals surface area contributed by atoms with Gasteiger partial charge in [-0.05, 0) is 57.2 Å². The Balaban J connectivity index is 1.63. The van der Waals surface area contributed by atoms with Gasteiger partial charge in [0.15, 0.2) is 0 Å². The summed E-state index contributed by atoms with van der Waals surface area (Å²) in [6, 6.07) is 7.55. The lowest BCUT2D eigenvalue weighted by molar-refractivity contribution is -0.00503. The summed E-state index contributed by atoms with van der Waals surface area (Å²) in [6.45, 7) is 5.17. The molecule has 0 saturated carbocycles. The molecule has 2 fully saturated rings. The van der Waals surface area contributed by atoms with Gasteiger partial charge >= 0.3 is 6.09 Å². The second kappa shape index (κ2) is 6.67. The second-order valence-electron chi connectivity index (χ2n) is 7.77. The molecule has 136 valence electrons. The number of aryl methyl sites for hydroxylation is 1. The van der Waals surface area contributed by atoms with Crippen LogP contribution in [0, 0.1) is 0 Å². The first kappa shape index (κ1) is 17.7. The van der Waals surface area contributed by atoms with E-state index >= 15 is 0 Å². The number of rotatable bonds is 4. The highest BCUT2D eigenvalue weighted by atomic mass is 16.6. The molecule has 0 radical (unpaired) electrons. The summed E-state index contributed by atoms with van der Waals surface area (Å²) in [5.74, 6) is -0.0314. The predicted octanol–water partition coefficient (Wildman–Crippen LogP) is 2.10. The molecule has 0 bridgehead atoms. The van der Waals surface area contributed by atoms with E-state index in [1.807, 2.05) is 24.3 Å². The maximum atomic E-state index is 12.8. The number of amides is 2. The van der Waals surface area contributed by atoms with Crippen LogP contribution in [0.25, 0.3) is 0 Å². The molecular formula is C19H26N2O4. The number of ether oxygens (including phenoxy) is 1. The van der Waals surface area contributed by atoms with Gasteiger partial charge in [0.2, 0.25) is 0 Å². The highest BCUT2D eigenvalue weighted by Crippen LogP contribution is 2.29. The minimum Gasteiger partial charge on any atom is -0.439 e. The molecule has 1 aromatic rings. The van der Waals surface area contributed by atoms with Crippen LogP contribution in [0.3, 0.4) is 0 Å². The van der Waals surface area contributed by atoms with Gasteiger partial charge in [0.1, 0.15) is 5.60 Å². The third kappa shape index (κ3) is 4.31. The van der Waals surface area contributed by atoms with Crippen molar-refractivity contribution in [1.82, 2.24) is 10.2 Å². The molecule has 0 unspecified atom stereocenters. The Morgan fingerprint density at radius 3 is 2.68 bits per heavy atom. The zero-order valence-corrected chi connectivity index (χ0v) is 14.9. The Morgan fingerprint density at radius 1 is 1.36 bits per heavy atom. The lowest BCUT2D eigenvalue weighted by Gasteiger charge is -2.38. The van der Waals surface area contributed by atoms with Crippen molar-refractivity contribution in [2.45, 2.75) is 50.7 Å². The van der Waals surface area contributed by atoms with Crippen molar-refractivity contribution in [2.24, 2.45) is 0 Å². The summed E-state index contributed by atoms with van der Waals surface area (Å²) < 4.78 is 5.42. The standard InChI is InChI=1S/C19H26N2O4/c1-18(2,24)10-8-14-4-6-15(7-5-14)16(22)21-11-3-9-19(13-21)12-20-17(23)25-19/h4-7,24H,3,8-13H2,1-2H3,(H,20,23)/t19-/m0/s1. The number of hydrogen-bond acceptors (Lipinski definition) is 4. The van der Waals surface area contributed by atoms with Crippen LogP contribution in [0.5, 0.6) is 0 Å². The molecule has 2 aliphatic rings. The Morgan fingerprint density at radius 2 is 2.08 bits per heavy atom. The van der Waals surface area contributed by atoms with Crippen LogP contribution in [0.2, 0.25) is 0 Å². The van der Waals surface area contributed by atoms with E-state index < -0.39 is 17.3 Å². The molecule has 2 saturated heterocycles. The number of aliphatic hydroxyl groups is 1. The highest BCUT2D eigenvalue weighted by Gasteiger charge is 2.44. The molecule has 0 aromatic heterocycles. The van der Waals surface area contributed by atoms with Gasteiger partial charge < -0.3 is 20.1 Å². The number of carbonyl (C=O) groups is 2. The first-order valence-electron chi connectivity index (χ1n) is 8.84. The van der Waals surface area contributed by atoms with Gasteiger partial charge in [-0.15, -0.1) is 0 Å². The van der Waals surface area contributed by atoms with Gasteiger partial charge in [0, 0.05) is 12.1 Å². The average molecular weight is 346 g/mol. The van der Waals surface area contributed by atoms with Crippen LogP contribution in [0.15, 0.2) is 24.3 Å². The zero-order valence-electron chi connectivity index (χ0n) is 14.9. The third-order valence-corrected chi connectivity index (χ3v) is 4.92. The van der Waals surface area contributed by atoms with Crippen molar-refractivity contribution >= 4 is 12.0 Å². The number of alkyl carbamates (subject to hydrolysis) is 1. The molecule has 2 aliphatic heterocycles. The second-order valence-corrected chi connectivity index (χ2v) is 7.77. The first-order valence-corrected chi connectivity index (χ1v) is 8.84. The SMILES string of the molecule is CC(C)(O)CCc1ccc(C(=O)N2CCC[C@]3(CNC(=O)O3)C2)cc1. The first-order chi connectivity index (χ1) is 11.8. The number of nitrogens with zero attached hydrogens (tertiary/aromatic N) is 1. The van der Waals surface area contributed by atoms with Crippen LogP contribution in [0.1, 0.15) is 49.0 Å². The lowest BCUT2D eigenvalue weighted by atomic mass is 9.92. The minimum absolute atomic E-state index is 0.0314. The summed E-state index contributed by atoms with van der Waals surface area (Å²) in [7, 11) is 0. The van der Waals surface area contributed by atoms with Crippen molar-refractivity contribution in [3.63, 3.8) is 0 Å². The average Bonchev–Trinajstić information content (AvgIpc) is 2.92. The van der Waals surface area contributed by atoms with Crippen molar-refractivity contribution in [2.75, 3.05) is 19.6 Å². The maximum Gasteiger partial charge on any atom is 0.407 e. The number of hydrogen-bond donors (Lipinski definition) is 2. The largest absolute Gasteiger partial charge is 0.439 e. The van der Waals surface area contributed by atoms with E-state index in [-0.39, 0.29) is 5.91 Å². The molecule has 2 amide bonds. The summed E-state index contributed by atoms with van der Waals surface area (Å²) in [5.41, 5.74) is 0.477. The Bertz CT molecular complexity index is 650. The fourth-order valence-corrected chi connectivity index (χ4v) is 3.45. The van der Waals surface area contributed by atoms with Crippen LogP contribution in [-0.2, 0) is 11.2 Å². The van der Waals surface area contributed by atoms with Gasteiger partial charge in [-0.25, -0.2) is 4.79 Å². The molecule has 1 atom stereocenters. The van der Waals surface area contributed by atoms with Crippen LogP contribution in [0.4, 0.5) is 4.79 Å². The third-order valence-electron chi connectivity index (χ3n) is 4.92.